The lowest BCUT2D eigenvalue weighted by Gasteiger charge is -2.27. The third-order valence-electron chi connectivity index (χ3n) is 2.66. The molecule has 0 saturated heterocycles. The van der Waals surface area contributed by atoms with Crippen LogP contribution in [0.5, 0.6) is 0 Å². The molecule has 84 valence electrons. The van der Waals surface area contributed by atoms with E-state index in [4.69, 9.17) is 10.8 Å². The molecule has 0 bridgehead atoms. The molecule has 2 atom stereocenters. The zero-order valence-electron chi connectivity index (χ0n) is 8.81. The van der Waals surface area contributed by atoms with E-state index in [2.05, 4.69) is 0 Å². The van der Waals surface area contributed by atoms with Crippen LogP contribution in [0.1, 0.15) is 25.3 Å². The van der Waals surface area contributed by atoms with Gasteiger partial charge in [0, 0.05) is 5.92 Å². The zero-order valence-corrected chi connectivity index (χ0v) is 9.62. The van der Waals surface area contributed by atoms with Crippen LogP contribution in [-0.4, -0.2) is 16.6 Å². The Morgan fingerprint density at radius 2 is 1.87 bits per heavy atom. The highest BCUT2D eigenvalue weighted by Crippen LogP contribution is 2.25. The summed E-state index contributed by atoms with van der Waals surface area (Å²) >= 11 is 0. The average Bonchev–Trinajstić information content (AvgIpc) is 2.17. The number of carbonyl (C=O) groups is 1. The van der Waals surface area contributed by atoms with Crippen molar-refractivity contribution in [2.45, 2.75) is 25.3 Å². The van der Waals surface area contributed by atoms with Crippen LogP contribution >= 0.6 is 12.4 Å². The van der Waals surface area contributed by atoms with E-state index >= 15 is 0 Å². The predicted octanol–water partition coefficient (Wildman–Crippen LogP) is 2.01. The van der Waals surface area contributed by atoms with Gasteiger partial charge in [-0.15, -0.1) is 12.4 Å². The first-order valence-electron chi connectivity index (χ1n) is 4.53. The van der Waals surface area contributed by atoms with E-state index in [0.29, 0.717) is 0 Å². The summed E-state index contributed by atoms with van der Waals surface area (Å²) < 4.78 is 0. The van der Waals surface area contributed by atoms with E-state index in [-0.39, 0.29) is 18.3 Å². The van der Waals surface area contributed by atoms with Gasteiger partial charge in [-0.05, 0) is 12.5 Å². The number of hydrogen-bond donors (Lipinski definition) is 2. The first-order valence-corrected chi connectivity index (χ1v) is 4.53. The van der Waals surface area contributed by atoms with E-state index < -0.39 is 11.5 Å². The summed E-state index contributed by atoms with van der Waals surface area (Å²) in [6.45, 7) is 3.36. The van der Waals surface area contributed by atoms with Crippen molar-refractivity contribution in [3.63, 3.8) is 0 Å². The van der Waals surface area contributed by atoms with Crippen molar-refractivity contribution >= 4 is 18.4 Å². The number of hydrogen-bond acceptors (Lipinski definition) is 2. The Kier molecular flexibility index (Phi) is 4.78. The van der Waals surface area contributed by atoms with Crippen LogP contribution in [0, 0.1) is 0 Å². The van der Waals surface area contributed by atoms with Crippen molar-refractivity contribution in [1.82, 2.24) is 0 Å². The Labute approximate surface area is 95.7 Å². The van der Waals surface area contributed by atoms with Crippen LogP contribution in [-0.2, 0) is 4.79 Å². The van der Waals surface area contributed by atoms with Gasteiger partial charge in [0.15, 0.2) is 0 Å². The summed E-state index contributed by atoms with van der Waals surface area (Å²) in [4.78, 5) is 10.9. The van der Waals surface area contributed by atoms with E-state index in [0.717, 1.165) is 5.56 Å². The van der Waals surface area contributed by atoms with Gasteiger partial charge in [0.2, 0.25) is 0 Å². The number of rotatable bonds is 3. The fourth-order valence-corrected chi connectivity index (χ4v) is 1.27. The lowest BCUT2D eigenvalue weighted by atomic mass is 9.83. The fourth-order valence-electron chi connectivity index (χ4n) is 1.27. The van der Waals surface area contributed by atoms with Gasteiger partial charge >= 0.3 is 5.97 Å². The molecule has 4 heteroatoms. The number of aliphatic carboxylic acids is 1. The third kappa shape index (κ3) is 2.94. The number of carboxylic acid groups (broad SMARTS) is 1. The molecule has 1 aromatic rings. The standard InChI is InChI=1S/C11H15NO2.ClH/c1-8(11(2,12)10(13)14)9-6-4-3-5-7-9;/h3-8H,12H2,1-2H3,(H,13,14);1H/t8?,11-;/m0./s1. The zero-order chi connectivity index (χ0) is 10.8. The molecule has 15 heavy (non-hydrogen) atoms. The Bertz CT molecular complexity index is 325. The smallest absolute Gasteiger partial charge is 0.324 e. The van der Waals surface area contributed by atoms with E-state index in [1.54, 1.807) is 0 Å². The molecule has 0 radical (unpaired) electrons. The van der Waals surface area contributed by atoms with E-state index in [9.17, 15) is 4.79 Å². The van der Waals surface area contributed by atoms with Crippen LogP contribution in [0.15, 0.2) is 30.3 Å². The Morgan fingerprint density at radius 3 is 2.27 bits per heavy atom. The van der Waals surface area contributed by atoms with Crippen LogP contribution in [0.2, 0.25) is 0 Å². The van der Waals surface area contributed by atoms with Gasteiger partial charge in [0.05, 0.1) is 0 Å². The maximum atomic E-state index is 10.9. The molecule has 0 aliphatic carbocycles. The van der Waals surface area contributed by atoms with E-state index in [1.807, 2.05) is 37.3 Å². The van der Waals surface area contributed by atoms with Gasteiger partial charge in [0.1, 0.15) is 5.54 Å². The lowest BCUT2D eigenvalue weighted by Crippen LogP contribution is -2.49. The molecule has 1 aromatic carbocycles. The Balaban J connectivity index is 0.00000196. The second-order valence-corrected chi connectivity index (χ2v) is 3.72. The highest BCUT2D eigenvalue weighted by molar-refractivity contribution is 5.85. The minimum absolute atomic E-state index is 0. The van der Waals surface area contributed by atoms with Crippen LogP contribution in [0.25, 0.3) is 0 Å². The highest BCUT2D eigenvalue weighted by Gasteiger charge is 2.35. The molecule has 0 aliphatic rings. The monoisotopic (exact) mass is 229 g/mol. The van der Waals surface area contributed by atoms with Crippen LogP contribution in [0.3, 0.4) is 0 Å². The van der Waals surface area contributed by atoms with Crippen molar-refractivity contribution in [1.29, 1.82) is 0 Å². The summed E-state index contributed by atoms with van der Waals surface area (Å²) in [5, 5.41) is 8.95. The molecule has 0 aromatic heterocycles. The molecule has 0 spiro atoms. The molecule has 0 amide bonds. The van der Waals surface area contributed by atoms with Gasteiger partial charge in [0.25, 0.3) is 0 Å². The molecule has 0 heterocycles. The van der Waals surface area contributed by atoms with Crippen LogP contribution in [0.4, 0.5) is 0 Å². The van der Waals surface area contributed by atoms with Crippen molar-refractivity contribution in [3.05, 3.63) is 35.9 Å². The minimum atomic E-state index is -1.22. The van der Waals surface area contributed by atoms with Crippen molar-refractivity contribution in [2.24, 2.45) is 5.73 Å². The Hall–Kier alpha value is -1.06. The first kappa shape index (κ1) is 13.9. The largest absolute Gasteiger partial charge is 0.480 e. The molecule has 1 unspecified atom stereocenters. The molecule has 0 saturated carbocycles. The molecule has 0 fully saturated rings. The third-order valence-corrected chi connectivity index (χ3v) is 2.66. The maximum absolute atomic E-state index is 10.9. The quantitative estimate of drug-likeness (QED) is 0.834. The minimum Gasteiger partial charge on any atom is -0.480 e. The molecular formula is C11H16ClNO2. The van der Waals surface area contributed by atoms with E-state index in [1.165, 1.54) is 6.92 Å². The summed E-state index contributed by atoms with van der Waals surface area (Å²) in [5.74, 6) is -1.19. The second kappa shape index (κ2) is 5.14. The van der Waals surface area contributed by atoms with Gasteiger partial charge in [-0.3, -0.25) is 4.79 Å². The maximum Gasteiger partial charge on any atom is 0.324 e. The Morgan fingerprint density at radius 1 is 1.40 bits per heavy atom. The van der Waals surface area contributed by atoms with Gasteiger partial charge < -0.3 is 10.8 Å². The van der Waals surface area contributed by atoms with Crippen molar-refractivity contribution in [3.8, 4) is 0 Å². The second-order valence-electron chi connectivity index (χ2n) is 3.72. The summed E-state index contributed by atoms with van der Waals surface area (Å²) in [6, 6.07) is 9.43. The highest BCUT2D eigenvalue weighted by atomic mass is 35.5. The topological polar surface area (TPSA) is 63.3 Å². The number of benzene rings is 1. The first-order chi connectivity index (χ1) is 6.46. The molecule has 0 aliphatic heterocycles. The lowest BCUT2D eigenvalue weighted by molar-refractivity contribution is -0.143. The molecular weight excluding hydrogens is 214 g/mol. The number of halogens is 1. The SMILES string of the molecule is CC(c1ccccc1)[C@](C)(N)C(=O)O.Cl. The average molecular weight is 230 g/mol. The van der Waals surface area contributed by atoms with Gasteiger partial charge in [-0.2, -0.15) is 0 Å². The number of carboxylic acids is 1. The fraction of sp³-hybridized carbons (Fsp3) is 0.364. The molecule has 3 nitrogen and oxygen atoms in total. The summed E-state index contributed by atoms with van der Waals surface area (Å²) in [7, 11) is 0. The molecule has 3 N–H and O–H groups in total. The molecule has 1 rings (SSSR count). The predicted molar refractivity (Wildman–Crippen MR) is 62.3 cm³/mol. The number of nitrogens with two attached hydrogens (primary N) is 1. The summed E-state index contributed by atoms with van der Waals surface area (Å²) in [6.07, 6.45) is 0. The van der Waals surface area contributed by atoms with Gasteiger partial charge in [-0.25, -0.2) is 0 Å². The van der Waals surface area contributed by atoms with Crippen molar-refractivity contribution < 1.29 is 9.90 Å². The summed E-state index contributed by atoms with van der Waals surface area (Å²) in [5.41, 5.74) is 5.46. The van der Waals surface area contributed by atoms with Gasteiger partial charge in [-0.1, -0.05) is 37.3 Å². The normalized spacial score (nSPS) is 15.9. The van der Waals surface area contributed by atoms with Crippen molar-refractivity contribution in [2.75, 3.05) is 0 Å². The van der Waals surface area contributed by atoms with Crippen LogP contribution < -0.4 is 5.73 Å².